The third kappa shape index (κ3) is 3.63. The van der Waals surface area contributed by atoms with Gasteiger partial charge in [-0.15, -0.1) is 0 Å². The molecule has 0 spiro atoms. The topological polar surface area (TPSA) is 50.6 Å². The normalized spacial score (nSPS) is 24.2. The van der Waals surface area contributed by atoms with Gasteiger partial charge in [0.05, 0.1) is 6.20 Å². The largest absolute Gasteiger partial charge is 0.368 e. The number of aromatic nitrogens is 2. The van der Waals surface area contributed by atoms with Gasteiger partial charge in [-0.2, -0.15) is 5.10 Å². The van der Waals surface area contributed by atoms with Crippen LogP contribution in [0.15, 0.2) is 12.4 Å². The van der Waals surface area contributed by atoms with Crippen molar-refractivity contribution < 1.29 is 9.53 Å². The Kier molecular flexibility index (Phi) is 4.55. The lowest BCUT2D eigenvalue weighted by Gasteiger charge is -2.24. The molecule has 6 nitrogen and oxygen atoms in total. The molecule has 1 amide bonds. The van der Waals surface area contributed by atoms with E-state index in [2.05, 4.69) is 16.2 Å². The van der Waals surface area contributed by atoms with E-state index in [0.717, 1.165) is 58.6 Å². The lowest BCUT2D eigenvalue weighted by atomic mass is 10.2. The fourth-order valence-corrected chi connectivity index (χ4v) is 3.14. The van der Waals surface area contributed by atoms with Crippen molar-refractivity contribution in [2.75, 3.05) is 32.8 Å². The van der Waals surface area contributed by atoms with Gasteiger partial charge in [0.15, 0.2) is 0 Å². The summed E-state index contributed by atoms with van der Waals surface area (Å²) < 4.78 is 7.35. The summed E-state index contributed by atoms with van der Waals surface area (Å²) in [5, 5.41) is 4.21. The summed E-state index contributed by atoms with van der Waals surface area (Å²) in [6, 6.07) is 0. The van der Waals surface area contributed by atoms with Gasteiger partial charge in [-0.1, -0.05) is 0 Å². The number of nitrogens with zero attached hydrogens (tertiary/aromatic N) is 4. The summed E-state index contributed by atoms with van der Waals surface area (Å²) in [6.07, 6.45) is 6.71. The van der Waals surface area contributed by atoms with E-state index in [-0.39, 0.29) is 12.0 Å². The van der Waals surface area contributed by atoms with E-state index < -0.39 is 0 Å². The highest BCUT2D eigenvalue weighted by molar-refractivity contribution is 5.81. The highest BCUT2D eigenvalue weighted by Crippen LogP contribution is 2.16. The maximum Gasteiger partial charge on any atom is 0.251 e. The van der Waals surface area contributed by atoms with E-state index in [4.69, 9.17) is 4.74 Å². The van der Waals surface area contributed by atoms with Gasteiger partial charge in [0.2, 0.25) is 0 Å². The Morgan fingerprint density at radius 1 is 1.33 bits per heavy atom. The van der Waals surface area contributed by atoms with Gasteiger partial charge in [0.25, 0.3) is 5.91 Å². The number of hydrogen-bond donors (Lipinski definition) is 0. The molecule has 1 atom stereocenters. The van der Waals surface area contributed by atoms with Crippen molar-refractivity contribution in [3.63, 3.8) is 0 Å². The SMILES string of the molecule is Cn1cc(CN2CCCN(C(=O)[C@H]3CCCO3)CC2)cn1. The van der Waals surface area contributed by atoms with Crippen LogP contribution in [0.2, 0.25) is 0 Å². The molecule has 3 rings (SSSR count). The molecule has 0 saturated carbocycles. The first-order chi connectivity index (χ1) is 10.2. The Hall–Kier alpha value is -1.40. The average molecular weight is 292 g/mol. The smallest absolute Gasteiger partial charge is 0.251 e. The van der Waals surface area contributed by atoms with Crippen LogP contribution in [0.4, 0.5) is 0 Å². The van der Waals surface area contributed by atoms with Crippen molar-refractivity contribution in [2.45, 2.75) is 31.9 Å². The molecule has 0 aliphatic carbocycles. The lowest BCUT2D eigenvalue weighted by Crippen LogP contribution is -2.41. The van der Waals surface area contributed by atoms with Gasteiger partial charge in [-0.05, 0) is 19.3 Å². The Balaban J connectivity index is 1.52. The fraction of sp³-hybridized carbons (Fsp3) is 0.733. The van der Waals surface area contributed by atoms with E-state index in [9.17, 15) is 4.79 Å². The lowest BCUT2D eigenvalue weighted by molar-refractivity contribution is -0.140. The molecule has 0 radical (unpaired) electrons. The predicted molar refractivity (Wildman–Crippen MR) is 78.7 cm³/mol. The summed E-state index contributed by atoms with van der Waals surface area (Å²) in [6.45, 7) is 5.26. The molecular formula is C15H24N4O2. The molecule has 21 heavy (non-hydrogen) atoms. The molecule has 6 heteroatoms. The van der Waals surface area contributed by atoms with E-state index in [1.807, 2.05) is 22.8 Å². The van der Waals surface area contributed by atoms with E-state index in [0.29, 0.717) is 0 Å². The number of ether oxygens (including phenoxy) is 1. The predicted octanol–water partition coefficient (Wildman–Crippen LogP) is 0.633. The second kappa shape index (κ2) is 6.58. The zero-order valence-corrected chi connectivity index (χ0v) is 12.7. The Bertz CT molecular complexity index is 482. The van der Waals surface area contributed by atoms with Gasteiger partial charge in [0.1, 0.15) is 6.10 Å². The molecule has 116 valence electrons. The molecule has 1 aromatic rings. The number of carbonyl (C=O) groups is 1. The van der Waals surface area contributed by atoms with Crippen LogP contribution >= 0.6 is 0 Å². The van der Waals surface area contributed by atoms with E-state index in [1.165, 1.54) is 5.56 Å². The average Bonchev–Trinajstić information content (AvgIpc) is 3.08. The molecule has 3 heterocycles. The van der Waals surface area contributed by atoms with Gasteiger partial charge in [-0.3, -0.25) is 14.4 Å². The minimum atomic E-state index is -0.185. The number of hydrogen-bond acceptors (Lipinski definition) is 4. The van der Waals surface area contributed by atoms with Crippen molar-refractivity contribution in [2.24, 2.45) is 7.05 Å². The third-order valence-electron chi connectivity index (χ3n) is 4.27. The first-order valence-electron chi connectivity index (χ1n) is 7.82. The van der Waals surface area contributed by atoms with Crippen LogP contribution < -0.4 is 0 Å². The van der Waals surface area contributed by atoms with Crippen LogP contribution in [0, 0.1) is 0 Å². The Morgan fingerprint density at radius 2 is 2.24 bits per heavy atom. The van der Waals surface area contributed by atoms with Gasteiger partial charge in [-0.25, -0.2) is 0 Å². The molecule has 0 bridgehead atoms. The highest BCUT2D eigenvalue weighted by Gasteiger charge is 2.29. The molecule has 0 N–H and O–H groups in total. The molecule has 2 saturated heterocycles. The number of aryl methyl sites for hydroxylation is 1. The van der Waals surface area contributed by atoms with Crippen molar-refractivity contribution in [3.05, 3.63) is 18.0 Å². The minimum absolute atomic E-state index is 0.185. The highest BCUT2D eigenvalue weighted by atomic mass is 16.5. The van der Waals surface area contributed by atoms with Crippen LogP contribution in [0.5, 0.6) is 0 Å². The van der Waals surface area contributed by atoms with Crippen molar-refractivity contribution in [1.82, 2.24) is 19.6 Å². The Labute approximate surface area is 125 Å². The zero-order chi connectivity index (χ0) is 14.7. The zero-order valence-electron chi connectivity index (χ0n) is 12.7. The summed E-state index contributed by atoms with van der Waals surface area (Å²) >= 11 is 0. The van der Waals surface area contributed by atoms with Gasteiger partial charge in [0, 0.05) is 58.1 Å². The second-order valence-corrected chi connectivity index (χ2v) is 5.98. The molecule has 0 unspecified atom stereocenters. The third-order valence-corrected chi connectivity index (χ3v) is 4.27. The van der Waals surface area contributed by atoms with E-state index in [1.54, 1.807) is 0 Å². The molecule has 0 aromatic carbocycles. The standard InChI is InChI=1S/C15H24N4O2/c1-17-11-13(10-16-17)12-18-5-3-6-19(8-7-18)15(20)14-4-2-9-21-14/h10-11,14H,2-9,12H2,1H3/t14-/m1/s1. The van der Waals surface area contributed by atoms with Crippen LogP contribution in [-0.4, -0.2) is 64.4 Å². The molecule has 2 aliphatic heterocycles. The molecule has 1 aromatic heterocycles. The van der Waals surface area contributed by atoms with Crippen molar-refractivity contribution in [1.29, 1.82) is 0 Å². The number of carbonyl (C=O) groups excluding carboxylic acids is 1. The quantitative estimate of drug-likeness (QED) is 0.820. The number of rotatable bonds is 3. The first kappa shape index (κ1) is 14.5. The number of amides is 1. The van der Waals surface area contributed by atoms with Gasteiger partial charge >= 0.3 is 0 Å². The van der Waals surface area contributed by atoms with E-state index >= 15 is 0 Å². The second-order valence-electron chi connectivity index (χ2n) is 5.98. The van der Waals surface area contributed by atoms with Gasteiger partial charge < -0.3 is 9.64 Å². The maximum atomic E-state index is 12.4. The molecule has 2 fully saturated rings. The summed E-state index contributed by atoms with van der Waals surface area (Å²) in [5.41, 5.74) is 1.23. The first-order valence-corrected chi connectivity index (χ1v) is 7.82. The summed E-state index contributed by atoms with van der Waals surface area (Å²) in [5.74, 6) is 0.190. The van der Waals surface area contributed by atoms with Crippen LogP contribution in [0.1, 0.15) is 24.8 Å². The maximum absolute atomic E-state index is 12.4. The summed E-state index contributed by atoms with van der Waals surface area (Å²) in [4.78, 5) is 16.8. The fourth-order valence-electron chi connectivity index (χ4n) is 3.14. The van der Waals surface area contributed by atoms with Crippen molar-refractivity contribution >= 4 is 5.91 Å². The van der Waals surface area contributed by atoms with Crippen LogP contribution in [-0.2, 0) is 23.1 Å². The minimum Gasteiger partial charge on any atom is -0.368 e. The van der Waals surface area contributed by atoms with Crippen molar-refractivity contribution in [3.8, 4) is 0 Å². The molecule has 2 aliphatic rings. The van der Waals surface area contributed by atoms with Crippen LogP contribution in [0.3, 0.4) is 0 Å². The monoisotopic (exact) mass is 292 g/mol. The summed E-state index contributed by atoms with van der Waals surface area (Å²) in [7, 11) is 1.94. The molecular weight excluding hydrogens is 268 g/mol. The van der Waals surface area contributed by atoms with Crippen LogP contribution in [0.25, 0.3) is 0 Å². The Morgan fingerprint density at radius 3 is 2.95 bits per heavy atom.